The lowest BCUT2D eigenvalue weighted by molar-refractivity contribution is -0.337. The van der Waals surface area contributed by atoms with E-state index in [-0.39, 0.29) is 47.8 Å². The van der Waals surface area contributed by atoms with E-state index in [4.69, 9.17) is 18.9 Å². The summed E-state index contributed by atoms with van der Waals surface area (Å²) in [6.45, 7) is 4.79. The van der Waals surface area contributed by atoms with Crippen molar-refractivity contribution in [1.82, 2.24) is 4.90 Å². The van der Waals surface area contributed by atoms with Gasteiger partial charge in [-0.2, -0.15) is 0 Å². The van der Waals surface area contributed by atoms with Crippen LogP contribution in [0.5, 0.6) is 0 Å². The lowest BCUT2D eigenvalue weighted by atomic mass is 9.44. The average molecular weight is 585 g/mol. The summed E-state index contributed by atoms with van der Waals surface area (Å²) < 4.78 is 25.1. The molecule has 7 rings (SSSR count). The number of anilines is 1. The van der Waals surface area contributed by atoms with Crippen LogP contribution in [0, 0.1) is 29.1 Å². The molecular weight excluding hydrogens is 540 g/mol. The lowest BCUT2D eigenvalue weighted by Crippen LogP contribution is -2.83. The van der Waals surface area contributed by atoms with E-state index in [9.17, 15) is 19.8 Å². The van der Waals surface area contributed by atoms with Gasteiger partial charge in [0, 0.05) is 76.3 Å². The van der Waals surface area contributed by atoms with Gasteiger partial charge in [-0.15, -0.1) is 0 Å². The van der Waals surface area contributed by atoms with Crippen molar-refractivity contribution in [3.8, 4) is 0 Å². The van der Waals surface area contributed by atoms with E-state index in [0.29, 0.717) is 56.4 Å². The number of esters is 1. The number of para-hydroxylation sites is 1. The molecule has 1 saturated heterocycles. The quantitative estimate of drug-likeness (QED) is 0.414. The highest BCUT2D eigenvalue weighted by atomic mass is 16.6. The highest BCUT2D eigenvalue weighted by Gasteiger charge is 2.89. The molecule has 3 N–H and O–H groups in total. The van der Waals surface area contributed by atoms with Crippen LogP contribution in [0.25, 0.3) is 0 Å². The number of likely N-dealkylation sites (tertiary alicyclic amines) is 1. The van der Waals surface area contributed by atoms with E-state index in [1.165, 1.54) is 6.92 Å². The van der Waals surface area contributed by atoms with Crippen LogP contribution >= 0.6 is 0 Å². The number of rotatable bonds is 7. The molecule has 0 aromatic heterocycles. The Balaban J connectivity index is 1.38. The molecule has 7 bridgehead atoms. The SMILES string of the molecule is CCN1C[C@]2(OC(=O)c3ccccc3NC(C)=O)CC[C@H](OC)C34[C@H]1C(C[C@@H]32)[C@@]1(O)CC(OC)[C@H]2C[C@@H]4C1(O)[C@H]2OC. The van der Waals surface area contributed by atoms with Gasteiger partial charge in [-0.25, -0.2) is 4.79 Å². The summed E-state index contributed by atoms with van der Waals surface area (Å²) in [6.07, 6.45) is 1.91. The molecule has 42 heavy (non-hydrogen) atoms. The number of hydrogen-bond donors (Lipinski definition) is 3. The number of nitrogens with zero attached hydrogens (tertiary/aromatic N) is 1. The van der Waals surface area contributed by atoms with Gasteiger partial charge in [0.1, 0.15) is 16.8 Å². The molecule has 5 aliphatic carbocycles. The molecule has 1 spiro atoms. The van der Waals surface area contributed by atoms with E-state index < -0.39 is 34.3 Å². The van der Waals surface area contributed by atoms with Crippen LogP contribution in [0.3, 0.4) is 0 Å². The first-order valence-electron chi connectivity index (χ1n) is 15.4. The van der Waals surface area contributed by atoms with Crippen molar-refractivity contribution in [2.24, 2.45) is 29.1 Å². The van der Waals surface area contributed by atoms with E-state index in [0.717, 1.165) is 0 Å². The number of aliphatic hydroxyl groups is 2. The molecule has 10 heteroatoms. The molecule has 12 atom stereocenters. The molecule has 230 valence electrons. The summed E-state index contributed by atoms with van der Waals surface area (Å²) in [5.74, 6) is -1.54. The normalized spacial score (nSPS) is 48.2. The number of ether oxygens (including phenoxy) is 4. The number of likely N-dealkylation sites (N-methyl/N-ethyl adjacent to an activating group) is 1. The molecule has 1 aromatic carbocycles. The number of piperidine rings is 1. The Labute approximate surface area is 247 Å². The largest absolute Gasteiger partial charge is 0.454 e. The minimum atomic E-state index is -1.48. The first-order valence-corrected chi connectivity index (χ1v) is 15.4. The monoisotopic (exact) mass is 584 g/mol. The first-order chi connectivity index (χ1) is 20.1. The third-order valence-corrected chi connectivity index (χ3v) is 12.6. The van der Waals surface area contributed by atoms with Crippen LogP contribution in [0.2, 0.25) is 0 Å². The molecule has 6 aliphatic rings. The Morgan fingerprint density at radius 3 is 2.50 bits per heavy atom. The number of carbonyl (C=O) groups excluding carboxylic acids is 2. The number of fused-ring (bicyclic) bond motifs is 2. The Morgan fingerprint density at radius 1 is 1.07 bits per heavy atom. The average Bonchev–Trinajstić information content (AvgIpc) is 3.39. The van der Waals surface area contributed by atoms with Gasteiger partial charge in [0.15, 0.2) is 0 Å². The van der Waals surface area contributed by atoms with E-state index in [1.54, 1.807) is 45.6 Å². The third kappa shape index (κ3) is 3.21. The van der Waals surface area contributed by atoms with Crippen LogP contribution in [0.1, 0.15) is 56.3 Å². The number of nitrogens with one attached hydrogen (secondary N) is 1. The summed E-state index contributed by atoms with van der Waals surface area (Å²) in [7, 11) is 5.05. The minimum Gasteiger partial charge on any atom is -0.454 e. The maximum Gasteiger partial charge on any atom is 0.340 e. The third-order valence-electron chi connectivity index (χ3n) is 12.6. The number of benzene rings is 1. The predicted octanol–water partition coefficient (Wildman–Crippen LogP) is 2.22. The van der Waals surface area contributed by atoms with Crippen LogP contribution < -0.4 is 5.32 Å². The Bertz CT molecular complexity index is 1290. The summed E-state index contributed by atoms with van der Waals surface area (Å²) in [6, 6.07) is 6.89. The van der Waals surface area contributed by atoms with Gasteiger partial charge in [-0.3, -0.25) is 9.69 Å². The van der Waals surface area contributed by atoms with Crippen LogP contribution in [-0.2, 0) is 23.7 Å². The number of hydrogen-bond acceptors (Lipinski definition) is 9. The molecule has 4 unspecified atom stereocenters. The molecule has 6 fully saturated rings. The molecular formula is C32H44N2O8. The zero-order valence-electron chi connectivity index (χ0n) is 25.2. The van der Waals surface area contributed by atoms with Gasteiger partial charge in [0.2, 0.25) is 5.91 Å². The molecule has 1 aliphatic heterocycles. The van der Waals surface area contributed by atoms with Crippen molar-refractivity contribution in [3.05, 3.63) is 29.8 Å². The van der Waals surface area contributed by atoms with E-state index in [2.05, 4.69) is 17.1 Å². The van der Waals surface area contributed by atoms with Gasteiger partial charge in [-0.1, -0.05) is 19.1 Å². The highest BCUT2D eigenvalue weighted by molar-refractivity contribution is 6.00. The predicted molar refractivity (Wildman–Crippen MR) is 152 cm³/mol. The maximum atomic E-state index is 14.0. The molecule has 5 saturated carbocycles. The van der Waals surface area contributed by atoms with Gasteiger partial charge in [-0.05, 0) is 44.4 Å². The smallest absolute Gasteiger partial charge is 0.340 e. The zero-order chi connectivity index (χ0) is 29.8. The van der Waals surface area contributed by atoms with Crippen molar-refractivity contribution >= 4 is 17.6 Å². The maximum absolute atomic E-state index is 14.0. The highest BCUT2D eigenvalue weighted by Crippen LogP contribution is 2.79. The summed E-state index contributed by atoms with van der Waals surface area (Å²) in [5, 5.41) is 28.4. The number of amides is 1. The van der Waals surface area contributed by atoms with Crippen LogP contribution in [0.15, 0.2) is 24.3 Å². The van der Waals surface area contributed by atoms with Crippen LogP contribution in [0.4, 0.5) is 5.69 Å². The first kappa shape index (κ1) is 28.7. The van der Waals surface area contributed by atoms with Crippen molar-refractivity contribution in [1.29, 1.82) is 0 Å². The van der Waals surface area contributed by atoms with Gasteiger partial charge in [0.05, 0.1) is 29.6 Å². The van der Waals surface area contributed by atoms with Gasteiger partial charge < -0.3 is 34.5 Å². The van der Waals surface area contributed by atoms with Crippen molar-refractivity contribution in [2.75, 3.05) is 39.7 Å². The van der Waals surface area contributed by atoms with E-state index >= 15 is 0 Å². The summed E-state index contributed by atoms with van der Waals surface area (Å²) in [5.41, 5.74) is -3.57. The zero-order valence-corrected chi connectivity index (χ0v) is 25.2. The van der Waals surface area contributed by atoms with E-state index in [1.807, 2.05) is 0 Å². The summed E-state index contributed by atoms with van der Waals surface area (Å²) in [4.78, 5) is 28.3. The second kappa shape index (κ2) is 9.46. The molecule has 1 heterocycles. The fourth-order valence-electron chi connectivity index (χ4n) is 11.6. The summed E-state index contributed by atoms with van der Waals surface area (Å²) >= 11 is 0. The van der Waals surface area contributed by atoms with Gasteiger partial charge in [0.25, 0.3) is 0 Å². The Kier molecular flexibility index (Phi) is 6.46. The van der Waals surface area contributed by atoms with Crippen molar-refractivity contribution in [3.63, 3.8) is 0 Å². The topological polar surface area (TPSA) is 127 Å². The second-order valence-corrected chi connectivity index (χ2v) is 13.7. The van der Waals surface area contributed by atoms with Gasteiger partial charge >= 0.3 is 5.97 Å². The molecule has 1 aromatic rings. The number of carbonyl (C=O) groups is 2. The molecule has 10 nitrogen and oxygen atoms in total. The Morgan fingerprint density at radius 2 is 1.83 bits per heavy atom. The number of methoxy groups -OCH3 is 3. The minimum absolute atomic E-state index is 0.0432. The standard InChI is InChI=1S/C32H44N2O8/c1-6-34-16-29(42-28(36)18-9-7-8-10-21(18)33-17(2)35)12-11-25(40-4)31-23(29)14-20(26(31)34)30(37)15-22(39-3)19-13-24(31)32(30,38)27(19)41-5/h7-10,19-20,22-27,37-38H,6,11-16H2,1-5H3,(H,33,35)/t19-,20?,22?,23-,24+,25+,26-,27+,29-,30+,31?,32?/m1/s1. The lowest BCUT2D eigenvalue weighted by Gasteiger charge is -2.70. The fourth-order valence-corrected chi connectivity index (χ4v) is 11.6. The van der Waals surface area contributed by atoms with Crippen molar-refractivity contribution in [2.45, 2.75) is 87.1 Å². The fraction of sp³-hybridized carbons (Fsp3) is 0.750. The molecule has 0 radical (unpaired) electrons. The Hall–Kier alpha value is -2.08. The van der Waals surface area contributed by atoms with Crippen LogP contribution in [-0.4, -0.2) is 103 Å². The van der Waals surface area contributed by atoms with Crippen molar-refractivity contribution < 1.29 is 38.7 Å². The second-order valence-electron chi connectivity index (χ2n) is 13.7. The molecule has 1 amide bonds.